The molecule has 2 atom stereocenters. The predicted octanol–water partition coefficient (Wildman–Crippen LogP) is -0.477. The maximum Gasteiger partial charge on any atom is 0.421 e. The molecular formula is C14H23N3O8S. The number of hydrogen-bond acceptors (Lipinski definition) is 8. The SMILES string of the molecule is CCOC(=O)C(C)(C)COS(=O)(=O)ON1C(=O)N2C[C@H]1CC[C@H]2C(N)=O. The van der Waals surface area contributed by atoms with Crippen LogP contribution in [-0.2, 0) is 33.2 Å². The van der Waals surface area contributed by atoms with Crippen LogP contribution in [0.4, 0.5) is 4.79 Å². The second-order valence-corrected chi connectivity index (χ2v) is 7.96. The molecule has 0 radical (unpaired) electrons. The van der Waals surface area contributed by atoms with Gasteiger partial charge in [0.05, 0.1) is 24.7 Å². The number of urea groups is 1. The summed E-state index contributed by atoms with van der Waals surface area (Å²) in [6.07, 6.45) is 0.683. The number of fused-ring (bicyclic) bond motifs is 2. The van der Waals surface area contributed by atoms with E-state index in [1.165, 1.54) is 18.7 Å². The minimum absolute atomic E-state index is 0.135. The van der Waals surface area contributed by atoms with E-state index in [1.54, 1.807) is 6.92 Å². The molecule has 0 aromatic rings. The quantitative estimate of drug-likeness (QED) is 0.544. The van der Waals surface area contributed by atoms with Gasteiger partial charge in [-0.2, -0.15) is 13.5 Å². The number of hydrogen-bond donors (Lipinski definition) is 1. The number of carbonyl (C=O) groups excluding carboxylic acids is 3. The van der Waals surface area contributed by atoms with Gasteiger partial charge < -0.3 is 15.4 Å². The number of esters is 1. The van der Waals surface area contributed by atoms with Crippen LogP contribution in [0.5, 0.6) is 0 Å². The highest BCUT2D eigenvalue weighted by Crippen LogP contribution is 2.31. The van der Waals surface area contributed by atoms with Gasteiger partial charge in [0, 0.05) is 6.54 Å². The summed E-state index contributed by atoms with van der Waals surface area (Å²) in [5, 5.41) is 0.676. The van der Waals surface area contributed by atoms with Gasteiger partial charge >= 0.3 is 22.4 Å². The summed E-state index contributed by atoms with van der Waals surface area (Å²) in [5.41, 5.74) is 4.03. The van der Waals surface area contributed by atoms with Crippen molar-refractivity contribution in [1.29, 1.82) is 0 Å². The number of primary amides is 1. The van der Waals surface area contributed by atoms with Gasteiger partial charge in [-0.05, 0) is 33.6 Å². The van der Waals surface area contributed by atoms with E-state index in [1.807, 2.05) is 0 Å². The molecule has 11 nitrogen and oxygen atoms in total. The Kier molecular flexibility index (Phi) is 5.78. The molecule has 2 aliphatic rings. The minimum atomic E-state index is -4.60. The highest BCUT2D eigenvalue weighted by atomic mass is 32.3. The van der Waals surface area contributed by atoms with E-state index in [9.17, 15) is 22.8 Å². The normalized spacial score (nSPS) is 23.3. The maximum atomic E-state index is 12.3. The molecule has 2 aliphatic heterocycles. The van der Waals surface area contributed by atoms with Crippen LogP contribution in [0.15, 0.2) is 0 Å². The van der Waals surface area contributed by atoms with Gasteiger partial charge in [-0.3, -0.25) is 9.59 Å². The van der Waals surface area contributed by atoms with Crippen molar-refractivity contribution >= 4 is 28.3 Å². The van der Waals surface area contributed by atoms with Crippen molar-refractivity contribution in [2.45, 2.75) is 45.7 Å². The third kappa shape index (κ3) is 4.24. The van der Waals surface area contributed by atoms with Crippen molar-refractivity contribution in [1.82, 2.24) is 9.96 Å². The summed E-state index contributed by atoms with van der Waals surface area (Å²) in [6.45, 7) is 4.30. The standard InChI is InChI=1S/C14H23N3O8S/c1-4-23-12(19)14(2,3)8-24-26(21,22)25-17-9-5-6-10(11(15)18)16(7-9)13(17)20/h9-10H,4-8H2,1-3H3,(H2,15,18)/t9-,10+/m1/s1. The number of ether oxygens (including phenoxy) is 1. The lowest BCUT2D eigenvalue weighted by Gasteiger charge is -2.27. The molecule has 148 valence electrons. The first-order valence-corrected chi connectivity index (χ1v) is 9.47. The number of amides is 3. The Bertz CT molecular complexity index is 692. The van der Waals surface area contributed by atoms with Crippen molar-refractivity contribution in [2.75, 3.05) is 19.8 Å². The first kappa shape index (κ1) is 20.4. The van der Waals surface area contributed by atoms with Crippen LogP contribution in [0.2, 0.25) is 0 Å². The molecule has 3 amide bonds. The van der Waals surface area contributed by atoms with Crippen LogP contribution < -0.4 is 5.73 Å². The summed E-state index contributed by atoms with van der Waals surface area (Å²) in [5.74, 6) is -1.28. The maximum absolute atomic E-state index is 12.3. The van der Waals surface area contributed by atoms with Crippen molar-refractivity contribution in [3.8, 4) is 0 Å². The van der Waals surface area contributed by atoms with E-state index >= 15 is 0 Å². The van der Waals surface area contributed by atoms with Gasteiger partial charge in [0.1, 0.15) is 6.04 Å². The fourth-order valence-corrected chi connectivity index (χ4v) is 3.61. The molecule has 0 aliphatic carbocycles. The number of nitrogens with two attached hydrogens (primary N) is 1. The molecule has 0 aromatic carbocycles. The second-order valence-electron chi connectivity index (χ2n) is 6.76. The fraction of sp³-hybridized carbons (Fsp3) is 0.786. The zero-order valence-electron chi connectivity index (χ0n) is 14.8. The highest BCUT2D eigenvalue weighted by Gasteiger charge is 2.49. The van der Waals surface area contributed by atoms with E-state index in [-0.39, 0.29) is 13.2 Å². The van der Waals surface area contributed by atoms with Crippen LogP contribution in [0.3, 0.4) is 0 Å². The molecule has 2 rings (SSSR count). The van der Waals surface area contributed by atoms with E-state index in [0.29, 0.717) is 17.9 Å². The van der Waals surface area contributed by atoms with Gasteiger partial charge in [0.2, 0.25) is 5.91 Å². The Morgan fingerprint density at radius 2 is 1.96 bits per heavy atom. The molecule has 2 heterocycles. The molecular weight excluding hydrogens is 370 g/mol. The third-order valence-electron chi connectivity index (χ3n) is 4.22. The molecule has 2 bridgehead atoms. The topological polar surface area (TPSA) is 146 Å². The molecule has 0 aromatic heterocycles. The monoisotopic (exact) mass is 393 g/mol. The zero-order valence-corrected chi connectivity index (χ0v) is 15.7. The van der Waals surface area contributed by atoms with E-state index in [4.69, 9.17) is 18.9 Å². The number of rotatable bonds is 8. The Hall–Kier alpha value is -1.92. The summed E-state index contributed by atoms with van der Waals surface area (Å²) in [6, 6.07) is -2.10. The molecule has 2 saturated heterocycles. The van der Waals surface area contributed by atoms with Crippen LogP contribution in [0.25, 0.3) is 0 Å². The Morgan fingerprint density at radius 1 is 1.31 bits per heavy atom. The molecule has 2 N–H and O–H groups in total. The molecule has 0 spiro atoms. The van der Waals surface area contributed by atoms with E-state index < -0.39 is 52.4 Å². The Balaban J connectivity index is 2.00. The first-order chi connectivity index (χ1) is 12.0. The largest absolute Gasteiger partial charge is 0.466 e. The van der Waals surface area contributed by atoms with Crippen LogP contribution in [0, 0.1) is 5.41 Å². The first-order valence-electron chi connectivity index (χ1n) is 8.14. The average molecular weight is 393 g/mol. The number of nitrogens with zero attached hydrogens (tertiary/aromatic N) is 2. The van der Waals surface area contributed by atoms with Crippen LogP contribution in [0.1, 0.15) is 33.6 Å². The highest BCUT2D eigenvalue weighted by molar-refractivity contribution is 7.81. The number of piperidine rings is 1. The Labute approximate surface area is 151 Å². The van der Waals surface area contributed by atoms with Crippen LogP contribution >= 0.6 is 0 Å². The minimum Gasteiger partial charge on any atom is -0.466 e. The van der Waals surface area contributed by atoms with Crippen molar-refractivity contribution < 1.29 is 36.0 Å². The van der Waals surface area contributed by atoms with Crippen molar-refractivity contribution in [3.63, 3.8) is 0 Å². The molecule has 2 fully saturated rings. The summed E-state index contributed by atoms with van der Waals surface area (Å²) in [7, 11) is -4.60. The van der Waals surface area contributed by atoms with Gasteiger partial charge in [-0.15, -0.1) is 4.28 Å². The number of hydroxylamine groups is 2. The molecule has 26 heavy (non-hydrogen) atoms. The van der Waals surface area contributed by atoms with Crippen molar-refractivity contribution in [3.05, 3.63) is 0 Å². The molecule has 12 heteroatoms. The van der Waals surface area contributed by atoms with Gasteiger partial charge in [0.15, 0.2) is 0 Å². The molecule has 0 unspecified atom stereocenters. The van der Waals surface area contributed by atoms with E-state index in [2.05, 4.69) is 0 Å². The lowest BCUT2D eigenvalue weighted by atomic mass is 9.95. The van der Waals surface area contributed by atoms with E-state index in [0.717, 1.165) is 0 Å². The van der Waals surface area contributed by atoms with Crippen LogP contribution in [-0.4, -0.2) is 68.1 Å². The predicted molar refractivity (Wildman–Crippen MR) is 86.3 cm³/mol. The van der Waals surface area contributed by atoms with Gasteiger partial charge in [-0.25, -0.2) is 8.98 Å². The Morgan fingerprint density at radius 3 is 2.54 bits per heavy atom. The fourth-order valence-electron chi connectivity index (χ4n) is 2.75. The summed E-state index contributed by atoms with van der Waals surface area (Å²) >= 11 is 0. The smallest absolute Gasteiger partial charge is 0.421 e. The summed E-state index contributed by atoms with van der Waals surface area (Å²) in [4.78, 5) is 36.6. The number of carbonyl (C=O) groups is 3. The van der Waals surface area contributed by atoms with Gasteiger partial charge in [0.25, 0.3) is 0 Å². The lowest BCUT2D eigenvalue weighted by molar-refractivity contribution is -0.155. The second kappa shape index (κ2) is 7.37. The average Bonchev–Trinajstić information content (AvgIpc) is 2.78. The van der Waals surface area contributed by atoms with Gasteiger partial charge in [-0.1, -0.05) is 0 Å². The third-order valence-corrected chi connectivity index (χ3v) is 4.96. The zero-order chi connectivity index (χ0) is 19.7. The summed E-state index contributed by atoms with van der Waals surface area (Å²) < 4.78 is 38.5. The van der Waals surface area contributed by atoms with Crippen molar-refractivity contribution in [2.24, 2.45) is 11.1 Å². The molecule has 0 saturated carbocycles. The lowest BCUT2D eigenvalue weighted by Crippen LogP contribution is -2.47.